The Morgan fingerprint density at radius 3 is 2.45 bits per heavy atom. The zero-order valence-electron chi connectivity index (χ0n) is 23.6. The van der Waals surface area contributed by atoms with Gasteiger partial charge in [-0.2, -0.15) is 9.41 Å². The highest BCUT2D eigenvalue weighted by Gasteiger charge is 2.26. The fourth-order valence-electron chi connectivity index (χ4n) is 4.30. The third-order valence-electron chi connectivity index (χ3n) is 6.68. The van der Waals surface area contributed by atoms with Crippen LogP contribution in [0.25, 0.3) is 0 Å². The van der Waals surface area contributed by atoms with Crippen LogP contribution >= 0.6 is 0 Å². The summed E-state index contributed by atoms with van der Waals surface area (Å²) in [5.41, 5.74) is 5.00. The summed E-state index contributed by atoms with van der Waals surface area (Å²) < 4.78 is 38.9. The van der Waals surface area contributed by atoms with Gasteiger partial charge in [-0.05, 0) is 73.7 Å². The number of benzene rings is 3. The van der Waals surface area contributed by atoms with E-state index in [1.54, 1.807) is 48.5 Å². The summed E-state index contributed by atoms with van der Waals surface area (Å²) in [5, 5.41) is 6.79. The van der Waals surface area contributed by atoms with Crippen molar-refractivity contribution in [1.29, 1.82) is 0 Å². The fourth-order valence-corrected chi connectivity index (χ4v) is 5.70. The summed E-state index contributed by atoms with van der Waals surface area (Å²) in [5.74, 6) is -0.274. The molecule has 0 radical (unpaired) electrons. The standard InChI is InChI=1S/C31H36N4O6S/c1-24-9-15-29(16-10-24)42(38,39)35(18-17-25-6-3-2-4-7-25)22-30(36)34-33-20-26-11-13-27(14-12-26)41-23-31(37)32-21-28-8-5-19-40-28/h2-4,6-7,9-16,20,28H,5,8,17-19,21-23H2,1H3,(H,32,37)(H,34,36)/b33-20+/t28-/m0/s1. The van der Waals surface area contributed by atoms with Gasteiger partial charge in [0.05, 0.1) is 23.8 Å². The van der Waals surface area contributed by atoms with Crippen molar-refractivity contribution in [2.24, 2.45) is 5.10 Å². The van der Waals surface area contributed by atoms with E-state index in [0.717, 1.165) is 30.6 Å². The summed E-state index contributed by atoms with van der Waals surface area (Å²) in [6.07, 6.45) is 3.93. The molecule has 1 heterocycles. The maximum absolute atomic E-state index is 13.4. The Balaban J connectivity index is 1.29. The Bertz CT molecular complexity index is 1440. The molecule has 3 aromatic rings. The summed E-state index contributed by atoms with van der Waals surface area (Å²) in [7, 11) is -3.91. The van der Waals surface area contributed by atoms with Crippen molar-refractivity contribution >= 4 is 28.1 Å². The molecule has 0 bridgehead atoms. The Morgan fingerprint density at radius 2 is 1.76 bits per heavy atom. The second kappa shape index (κ2) is 15.2. The lowest BCUT2D eigenvalue weighted by Gasteiger charge is -2.21. The molecular weight excluding hydrogens is 556 g/mol. The van der Waals surface area contributed by atoms with Crippen LogP contribution in [0.4, 0.5) is 0 Å². The van der Waals surface area contributed by atoms with Crippen molar-refractivity contribution in [3.63, 3.8) is 0 Å². The van der Waals surface area contributed by atoms with Gasteiger partial charge in [-0.3, -0.25) is 9.59 Å². The molecule has 0 aromatic heterocycles. The number of amides is 2. The maximum Gasteiger partial charge on any atom is 0.258 e. The van der Waals surface area contributed by atoms with Gasteiger partial charge in [-0.1, -0.05) is 48.0 Å². The third-order valence-corrected chi connectivity index (χ3v) is 8.53. The minimum absolute atomic E-state index is 0.0722. The molecule has 3 aromatic carbocycles. The topological polar surface area (TPSA) is 126 Å². The van der Waals surface area contributed by atoms with Crippen molar-refractivity contribution in [3.05, 3.63) is 95.6 Å². The number of hydrogen-bond donors (Lipinski definition) is 2. The highest BCUT2D eigenvalue weighted by molar-refractivity contribution is 7.89. The second-order valence-electron chi connectivity index (χ2n) is 9.98. The van der Waals surface area contributed by atoms with E-state index in [-0.39, 0.29) is 36.6 Å². The fraction of sp³-hybridized carbons (Fsp3) is 0.323. The second-order valence-corrected chi connectivity index (χ2v) is 11.9. The molecule has 0 saturated carbocycles. The molecule has 4 rings (SSSR count). The van der Waals surface area contributed by atoms with Gasteiger partial charge in [0.1, 0.15) is 5.75 Å². The Kier molecular flexibility index (Phi) is 11.2. The van der Waals surface area contributed by atoms with Crippen molar-refractivity contribution in [2.75, 3.05) is 32.8 Å². The zero-order chi connectivity index (χ0) is 29.8. The van der Waals surface area contributed by atoms with Crippen LogP contribution in [0.2, 0.25) is 0 Å². The van der Waals surface area contributed by atoms with Crippen LogP contribution in [0.5, 0.6) is 5.75 Å². The SMILES string of the molecule is Cc1ccc(S(=O)(=O)N(CCc2ccccc2)CC(=O)N/N=C/c2ccc(OCC(=O)NC[C@@H]3CCCO3)cc2)cc1. The van der Waals surface area contributed by atoms with Crippen LogP contribution < -0.4 is 15.5 Å². The number of hydrogen-bond acceptors (Lipinski definition) is 7. The van der Waals surface area contributed by atoms with Gasteiger partial charge >= 0.3 is 0 Å². The zero-order valence-corrected chi connectivity index (χ0v) is 24.4. The smallest absolute Gasteiger partial charge is 0.258 e. The molecule has 2 N–H and O–H groups in total. The van der Waals surface area contributed by atoms with Gasteiger partial charge in [0, 0.05) is 19.7 Å². The van der Waals surface area contributed by atoms with Gasteiger partial charge in [0.25, 0.3) is 11.8 Å². The third kappa shape index (κ3) is 9.51. The first-order chi connectivity index (χ1) is 20.3. The van der Waals surface area contributed by atoms with Gasteiger partial charge in [-0.25, -0.2) is 13.8 Å². The quantitative estimate of drug-likeness (QED) is 0.219. The number of aryl methyl sites for hydroxylation is 1. The van der Waals surface area contributed by atoms with E-state index >= 15 is 0 Å². The maximum atomic E-state index is 13.4. The Labute approximate surface area is 246 Å². The van der Waals surface area contributed by atoms with Crippen LogP contribution in [0.1, 0.15) is 29.5 Å². The van der Waals surface area contributed by atoms with Crippen molar-refractivity contribution in [1.82, 2.24) is 15.0 Å². The predicted molar refractivity (Wildman–Crippen MR) is 160 cm³/mol. The average Bonchev–Trinajstić information content (AvgIpc) is 3.52. The first kappa shape index (κ1) is 30.9. The molecule has 1 saturated heterocycles. The molecular formula is C31H36N4O6S. The number of nitrogens with zero attached hydrogens (tertiary/aromatic N) is 2. The van der Waals surface area contributed by atoms with Gasteiger partial charge < -0.3 is 14.8 Å². The molecule has 1 fully saturated rings. The summed E-state index contributed by atoms with van der Waals surface area (Å²) in [4.78, 5) is 24.9. The minimum Gasteiger partial charge on any atom is -0.484 e. The average molecular weight is 593 g/mol. The molecule has 0 unspecified atom stereocenters. The first-order valence-electron chi connectivity index (χ1n) is 13.8. The molecule has 0 aliphatic carbocycles. The molecule has 2 amide bonds. The van der Waals surface area contributed by atoms with E-state index < -0.39 is 15.9 Å². The highest BCUT2D eigenvalue weighted by Crippen LogP contribution is 2.17. The minimum atomic E-state index is -3.91. The van der Waals surface area contributed by atoms with E-state index in [0.29, 0.717) is 24.3 Å². The van der Waals surface area contributed by atoms with Crippen LogP contribution in [0.15, 0.2) is 88.9 Å². The molecule has 1 aliphatic heterocycles. The van der Waals surface area contributed by atoms with Crippen LogP contribution in [0.3, 0.4) is 0 Å². The largest absolute Gasteiger partial charge is 0.484 e. The lowest BCUT2D eigenvalue weighted by molar-refractivity contribution is -0.123. The highest BCUT2D eigenvalue weighted by atomic mass is 32.2. The predicted octanol–water partition coefficient (Wildman–Crippen LogP) is 3.05. The molecule has 1 atom stereocenters. The van der Waals surface area contributed by atoms with E-state index in [1.807, 2.05) is 37.3 Å². The Morgan fingerprint density at radius 1 is 1.02 bits per heavy atom. The van der Waals surface area contributed by atoms with Crippen molar-refractivity contribution in [2.45, 2.75) is 37.2 Å². The molecule has 42 heavy (non-hydrogen) atoms. The van der Waals surface area contributed by atoms with E-state index in [9.17, 15) is 18.0 Å². The number of rotatable bonds is 14. The number of ether oxygens (including phenoxy) is 2. The van der Waals surface area contributed by atoms with Gasteiger partial charge in [-0.15, -0.1) is 0 Å². The molecule has 222 valence electrons. The van der Waals surface area contributed by atoms with Gasteiger partial charge in [0.15, 0.2) is 6.61 Å². The van der Waals surface area contributed by atoms with Crippen LogP contribution in [-0.4, -0.2) is 69.7 Å². The van der Waals surface area contributed by atoms with E-state index in [1.165, 1.54) is 10.5 Å². The van der Waals surface area contributed by atoms with Crippen molar-refractivity contribution in [3.8, 4) is 5.75 Å². The monoisotopic (exact) mass is 592 g/mol. The summed E-state index contributed by atoms with van der Waals surface area (Å²) >= 11 is 0. The first-order valence-corrected chi connectivity index (χ1v) is 15.3. The lowest BCUT2D eigenvalue weighted by atomic mass is 10.1. The van der Waals surface area contributed by atoms with E-state index in [4.69, 9.17) is 9.47 Å². The van der Waals surface area contributed by atoms with Gasteiger partial charge in [0.2, 0.25) is 10.0 Å². The number of sulfonamides is 1. The number of nitrogens with one attached hydrogen (secondary N) is 2. The molecule has 0 spiro atoms. The summed E-state index contributed by atoms with van der Waals surface area (Å²) in [6, 6.07) is 22.9. The van der Waals surface area contributed by atoms with Crippen LogP contribution in [-0.2, 0) is 30.8 Å². The lowest BCUT2D eigenvalue weighted by Crippen LogP contribution is -2.40. The Hall–Kier alpha value is -4.06. The summed E-state index contributed by atoms with van der Waals surface area (Å²) in [6.45, 7) is 2.73. The molecule has 11 heteroatoms. The molecule has 10 nitrogen and oxygen atoms in total. The normalized spacial score (nSPS) is 15.1. The van der Waals surface area contributed by atoms with E-state index in [2.05, 4.69) is 15.8 Å². The number of hydrazone groups is 1. The van der Waals surface area contributed by atoms with Crippen molar-refractivity contribution < 1.29 is 27.5 Å². The number of carbonyl (C=O) groups is 2. The number of carbonyl (C=O) groups excluding carboxylic acids is 2. The molecule has 1 aliphatic rings. The van der Waals surface area contributed by atoms with Crippen LogP contribution in [0, 0.1) is 6.92 Å².